The van der Waals surface area contributed by atoms with Gasteiger partial charge < -0.3 is 20.3 Å². The van der Waals surface area contributed by atoms with Crippen LogP contribution >= 0.6 is 0 Å². The van der Waals surface area contributed by atoms with Crippen molar-refractivity contribution in [3.63, 3.8) is 0 Å². The Morgan fingerprint density at radius 3 is 2.51 bits per heavy atom. The highest BCUT2D eigenvalue weighted by Crippen LogP contribution is 2.27. The van der Waals surface area contributed by atoms with Gasteiger partial charge in [0, 0.05) is 11.8 Å². The lowest BCUT2D eigenvalue weighted by molar-refractivity contribution is -0.139. The van der Waals surface area contributed by atoms with E-state index in [9.17, 15) is 14.7 Å². The molecule has 1 amide bonds. The van der Waals surface area contributed by atoms with Crippen LogP contribution in [0.4, 0.5) is 0 Å². The zero-order valence-electron chi connectivity index (χ0n) is 21.2. The highest BCUT2D eigenvalue weighted by Gasteiger charge is 2.16. The topological polar surface area (TPSA) is 95.9 Å². The number of aliphatic carboxylic acids is 1. The Labute approximate surface area is 217 Å². The number of aromatic hydroxyl groups is 1. The summed E-state index contributed by atoms with van der Waals surface area (Å²) >= 11 is 0. The fourth-order valence-electron chi connectivity index (χ4n) is 3.98. The van der Waals surface area contributed by atoms with E-state index in [0.717, 1.165) is 35.3 Å². The molecule has 3 rings (SSSR count). The monoisotopic (exact) mass is 499 g/mol. The summed E-state index contributed by atoms with van der Waals surface area (Å²) in [4.78, 5) is 24.2. The average molecular weight is 500 g/mol. The first-order chi connectivity index (χ1) is 17.9. The van der Waals surface area contributed by atoms with Crippen LogP contribution in [0.25, 0.3) is 23.3 Å². The maximum atomic E-state index is 13.1. The molecule has 3 N–H and O–H groups in total. The van der Waals surface area contributed by atoms with Crippen molar-refractivity contribution in [1.29, 1.82) is 0 Å². The first-order valence-corrected chi connectivity index (χ1v) is 12.4. The number of carbonyl (C=O) groups excluding carboxylic acids is 1. The van der Waals surface area contributed by atoms with Crippen LogP contribution in [0.5, 0.6) is 11.5 Å². The van der Waals surface area contributed by atoms with Gasteiger partial charge in [-0.2, -0.15) is 0 Å². The molecule has 6 nitrogen and oxygen atoms in total. The standard InChI is InChI=1S/C31H33NO5/c1-3-5-14-24-18-25(20-28(33)26(24)10-4-2)23-15-16-29(37-21-30(34)35)27(19-23)31(36)32-17-9-13-22-11-7-6-8-12-22/h3,5-8,10-12,14-16,18-20,33H,4,9,13,17,21H2,1-2H3,(H,32,36)(H,34,35)/b5-3-,24-14-,26-10-. The number of nitrogens with one attached hydrogen (secondary N) is 1. The van der Waals surface area contributed by atoms with Gasteiger partial charge in [-0.15, -0.1) is 0 Å². The summed E-state index contributed by atoms with van der Waals surface area (Å²) in [5.74, 6) is -1.15. The second kappa shape index (κ2) is 13.7. The van der Waals surface area contributed by atoms with Crippen LogP contribution in [0, 0.1) is 0 Å². The van der Waals surface area contributed by atoms with E-state index in [2.05, 4.69) is 5.32 Å². The van der Waals surface area contributed by atoms with Gasteiger partial charge in [0.2, 0.25) is 0 Å². The maximum absolute atomic E-state index is 13.1. The van der Waals surface area contributed by atoms with Crippen molar-refractivity contribution in [3.8, 4) is 22.6 Å². The van der Waals surface area contributed by atoms with Crippen LogP contribution in [0.3, 0.4) is 0 Å². The molecule has 0 aromatic heterocycles. The summed E-state index contributed by atoms with van der Waals surface area (Å²) in [5.41, 5.74) is 2.86. The van der Waals surface area contributed by atoms with Crippen molar-refractivity contribution in [1.82, 2.24) is 5.32 Å². The second-order valence-electron chi connectivity index (χ2n) is 8.54. The zero-order valence-corrected chi connectivity index (χ0v) is 21.2. The Balaban J connectivity index is 1.92. The van der Waals surface area contributed by atoms with Gasteiger partial charge in [0.05, 0.1) is 5.56 Å². The number of ether oxygens (including phenoxy) is 1. The minimum atomic E-state index is -1.13. The molecular formula is C31H33NO5. The van der Waals surface area contributed by atoms with Crippen LogP contribution < -0.4 is 20.5 Å². The van der Waals surface area contributed by atoms with Gasteiger partial charge in [-0.05, 0) is 72.4 Å². The molecule has 0 saturated heterocycles. The van der Waals surface area contributed by atoms with E-state index in [0.29, 0.717) is 12.1 Å². The van der Waals surface area contributed by atoms with Gasteiger partial charge in [0.25, 0.3) is 5.91 Å². The third-order valence-electron chi connectivity index (χ3n) is 5.75. The number of aryl methyl sites for hydroxylation is 1. The lowest BCUT2D eigenvalue weighted by Gasteiger charge is -2.13. The number of allylic oxidation sites excluding steroid dienone is 2. The number of rotatable bonds is 11. The van der Waals surface area contributed by atoms with E-state index in [-0.39, 0.29) is 23.0 Å². The molecule has 0 bridgehead atoms. The maximum Gasteiger partial charge on any atom is 0.341 e. The van der Waals surface area contributed by atoms with Crippen LogP contribution in [-0.4, -0.2) is 35.2 Å². The summed E-state index contributed by atoms with van der Waals surface area (Å²) in [6.45, 7) is 3.83. The number of hydrogen-bond acceptors (Lipinski definition) is 4. The van der Waals surface area contributed by atoms with E-state index in [1.165, 1.54) is 5.56 Å². The Morgan fingerprint density at radius 2 is 1.81 bits per heavy atom. The Kier molecular flexibility index (Phi) is 10.1. The van der Waals surface area contributed by atoms with Gasteiger partial charge in [0.15, 0.2) is 6.61 Å². The molecule has 37 heavy (non-hydrogen) atoms. The van der Waals surface area contributed by atoms with Crippen LogP contribution in [0.2, 0.25) is 0 Å². The number of carboxylic acid groups (broad SMARTS) is 1. The van der Waals surface area contributed by atoms with Crippen molar-refractivity contribution in [2.75, 3.05) is 13.2 Å². The van der Waals surface area contributed by atoms with Crippen molar-refractivity contribution in [2.45, 2.75) is 33.1 Å². The van der Waals surface area contributed by atoms with Crippen molar-refractivity contribution in [2.24, 2.45) is 0 Å². The molecule has 192 valence electrons. The highest BCUT2D eigenvalue weighted by atomic mass is 16.5. The third-order valence-corrected chi connectivity index (χ3v) is 5.75. The number of amides is 1. The Hall–Kier alpha value is -4.32. The smallest absolute Gasteiger partial charge is 0.341 e. The molecule has 0 fully saturated rings. The first kappa shape index (κ1) is 27.3. The molecule has 0 aliphatic carbocycles. The number of hydrogen-bond donors (Lipinski definition) is 3. The highest BCUT2D eigenvalue weighted by molar-refractivity contribution is 5.98. The number of phenols is 1. The Bertz CT molecular complexity index is 1380. The third kappa shape index (κ3) is 7.84. The fraction of sp³-hybridized carbons (Fsp3) is 0.226. The molecule has 6 heteroatoms. The molecule has 0 heterocycles. The molecular weight excluding hydrogens is 466 g/mol. The average Bonchev–Trinajstić information content (AvgIpc) is 2.90. The summed E-state index contributed by atoms with van der Waals surface area (Å²) in [6, 6.07) is 18.7. The van der Waals surface area contributed by atoms with E-state index in [1.54, 1.807) is 24.3 Å². The molecule has 0 radical (unpaired) electrons. The minimum Gasteiger partial charge on any atom is -0.507 e. The molecule has 0 saturated carbocycles. The normalized spacial score (nSPS) is 12.2. The number of benzene rings is 3. The Morgan fingerprint density at radius 1 is 1.03 bits per heavy atom. The lowest BCUT2D eigenvalue weighted by Crippen LogP contribution is -2.26. The van der Waals surface area contributed by atoms with E-state index >= 15 is 0 Å². The van der Waals surface area contributed by atoms with Crippen LogP contribution in [-0.2, 0) is 11.2 Å². The SMILES string of the molecule is C\C=C/C=c1/cc(-c2ccc(OCC(=O)O)c(C(=O)NCCCc3ccccc3)c2)cc(O)/c1=C\CC. The van der Waals surface area contributed by atoms with Crippen molar-refractivity contribution >= 4 is 24.0 Å². The molecule has 0 aliphatic rings. The molecule has 0 atom stereocenters. The van der Waals surface area contributed by atoms with Gasteiger partial charge in [-0.25, -0.2) is 4.79 Å². The van der Waals surface area contributed by atoms with Crippen molar-refractivity contribution in [3.05, 3.63) is 94.4 Å². The number of carboxylic acids is 1. The number of carbonyl (C=O) groups is 2. The summed E-state index contributed by atoms with van der Waals surface area (Å²) in [7, 11) is 0. The summed E-state index contributed by atoms with van der Waals surface area (Å²) in [6.07, 6.45) is 10.1. The predicted molar refractivity (Wildman–Crippen MR) is 147 cm³/mol. The van der Waals surface area contributed by atoms with Crippen LogP contribution in [0.1, 0.15) is 42.6 Å². The van der Waals surface area contributed by atoms with Crippen molar-refractivity contribution < 1.29 is 24.5 Å². The minimum absolute atomic E-state index is 0.147. The largest absolute Gasteiger partial charge is 0.507 e. The lowest BCUT2D eigenvalue weighted by atomic mass is 9.99. The van der Waals surface area contributed by atoms with E-state index < -0.39 is 12.6 Å². The van der Waals surface area contributed by atoms with Gasteiger partial charge in [-0.3, -0.25) is 4.79 Å². The quantitative estimate of drug-likeness (QED) is 0.339. The molecule has 0 spiro atoms. The van der Waals surface area contributed by atoms with Gasteiger partial charge in [0.1, 0.15) is 11.5 Å². The van der Waals surface area contributed by atoms with Gasteiger partial charge in [-0.1, -0.05) is 67.6 Å². The fourth-order valence-corrected chi connectivity index (χ4v) is 3.98. The van der Waals surface area contributed by atoms with Crippen LogP contribution in [0.15, 0.2) is 72.8 Å². The zero-order chi connectivity index (χ0) is 26.6. The summed E-state index contributed by atoms with van der Waals surface area (Å²) < 4.78 is 5.41. The molecule has 0 aliphatic heterocycles. The molecule has 3 aromatic rings. The van der Waals surface area contributed by atoms with Gasteiger partial charge >= 0.3 is 5.97 Å². The molecule has 0 unspecified atom stereocenters. The summed E-state index contributed by atoms with van der Waals surface area (Å²) in [5, 5.41) is 24.3. The molecule has 3 aromatic carbocycles. The second-order valence-corrected chi connectivity index (χ2v) is 8.54. The van der Waals surface area contributed by atoms with E-state index in [4.69, 9.17) is 9.84 Å². The predicted octanol–water partition coefficient (Wildman–Crippen LogP) is 4.43. The first-order valence-electron chi connectivity index (χ1n) is 12.4. The number of phenolic OH excluding ortho intramolecular Hbond substituents is 1. The van der Waals surface area contributed by atoms with E-state index in [1.807, 2.05) is 74.5 Å².